The first-order valence-corrected chi connectivity index (χ1v) is 7.51. The highest BCUT2D eigenvalue weighted by Crippen LogP contribution is 2.29. The van der Waals surface area contributed by atoms with E-state index < -0.39 is 5.82 Å². The van der Waals surface area contributed by atoms with Crippen LogP contribution in [0.3, 0.4) is 0 Å². The van der Waals surface area contributed by atoms with E-state index in [-0.39, 0.29) is 29.3 Å². The fraction of sp³-hybridized carbons (Fsp3) is 0.467. The number of carbonyl (C=O) groups is 2. The standard InChI is InChI=1S/C15H16ClFN2O2/c16-11-8-10(4-5-12(11)17)19-14(20)9-13(15(19)21)18-6-2-1-3-7-18/h4-5,8,13H,1-3,6-7,9H2/t13-/m0/s1. The highest BCUT2D eigenvalue weighted by Gasteiger charge is 2.42. The van der Waals surface area contributed by atoms with Crippen LogP contribution >= 0.6 is 11.6 Å². The Bertz CT molecular complexity index is 587. The molecule has 0 aromatic heterocycles. The predicted octanol–water partition coefficient (Wildman–Crippen LogP) is 2.60. The van der Waals surface area contributed by atoms with Crippen LogP contribution in [-0.4, -0.2) is 35.8 Å². The van der Waals surface area contributed by atoms with Crippen LogP contribution < -0.4 is 4.90 Å². The fourth-order valence-corrected chi connectivity index (χ4v) is 3.20. The van der Waals surface area contributed by atoms with Gasteiger partial charge in [-0.15, -0.1) is 0 Å². The average molecular weight is 311 g/mol. The van der Waals surface area contributed by atoms with Gasteiger partial charge in [-0.2, -0.15) is 0 Å². The van der Waals surface area contributed by atoms with Crippen molar-refractivity contribution in [3.63, 3.8) is 0 Å². The van der Waals surface area contributed by atoms with E-state index >= 15 is 0 Å². The summed E-state index contributed by atoms with van der Waals surface area (Å²) >= 11 is 5.74. The van der Waals surface area contributed by atoms with Crippen LogP contribution in [0.1, 0.15) is 25.7 Å². The molecule has 2 fully saturated rings. The fourth-order valence-electron chi connectivity index (χ4n) is 3.03. The van der Waals surface area contributed by atoms with Crippen molar-refractivity contribution in [2.24, 2.45) is 0 Å². The number of hydrogen-bond acceptors (Lipinski definition) is 3. The van der Waals surface area contributed by atoms with E-state index in [4.69, 9.17) is 11.6 Å². The summed E-state index contributed by atoms with van der Waals surface area (Å²) in [5, 5.41) is -0.0884. The van der Waals surface area contributed by atoms with Crippen LogP contribution in [0.15, 0.2) is 18.2 Å². The highest BCUT2D eigenvalue weighted by molar-refractivity contribution is 6.31. The lowest BCUT2D eigenvalue weighted by molar-refractivity contribution is -0.123. The molecule has 112 valence electrons. The number of hydrogen-bond donors (Lipinski definition) is 0. The molecule has 6 heteroatoms. The molecule has 1 aromatic carbocycles. The summed E-state index contributed by atoms with van der Waals surface area (Å²) in [6.45, 7) is 1.70. The molecular formula is C15H16ClFN2O2. The summed E-state index contributed by atoms with van der Waals surface area (Å²) < 4.78 is 13.2. The lowest BCUT2D eigenvalue weighted by atomic mass is 10.1. The quantitative estimate of drug-likeness (QED) is 0.788. The molecule has 2 amide bonds. The van der Waals surface area contributed by atoms with Gasteiger partial charge in [-0.1, -0.05) is 18.0 Å². The maximum absolute atomic E-state index is 13.2. The molecule has 0 aliphatic carbocycles. The van der Waals surface area contributed by atoms with Crippen molar-refractivity contribution in [3.8, 4) is 0 Å². The normalized spacial score (nSPS) is 23.9. The molecule has 0 unspecified atom stereocenters. The second-order valence-electron chi connectivity index (χ2n) is 5.48. The molecule has 3 rings (SSSR count). The Morgan fingerprint density at radius 3 is 2.52 bits per heavy atom. The summed E-state index contributed by atoms with van der Waals surface area (Å²) in [5.74, 6) is -1.05. The number of benzene rings is 1. The second-order valence-corrected chi connectivity index (χ2v) is 5.89. The number of likely N-dealkylation sites (tertiary alicyclic amines) is 1. The lowest BCUT2D eigenvalue weighted by Gasteiger charge is -2.30. The van der Waals surface area contributed by atoms with Crippen LogP contribution in [0, 0.1) is 5.82 Å². The van der Waals surface area contributed by atoms with E-state index in [1.165, 1.54) is 24.6 Å². The van der Waals surface area contributed by atoms with Gasteiger partial charge in [0.15, 0.2) is 0 Å². The zero-order valence-electron chi connectivity index (χ0n) is 11.5. The maximum atomic E-state index is 13.2. The Morgan fingerprint density at radius 1 is 1.14 bits per heavy atom. The molecule has 1 atom stereocenters. The molecule has 2 aliphatic rings. The second kappa shape index (κ2) is 5.73. The molecule has 1 aromatic rings. The number of carbonyl (C=O) groups excluding carboxylic acids is 2. The van der Waals surface area contributed by atoms with Crippen molar-refractivity contribution < 1.29 is 14.0 Å². The van der Waals surface area contributed by atoms with E-state index in [1.807, 2.05) is 0 Å². The number of imide groups is 1. The number of halogens is 2. The first-order valence-electron chi connectivity index (χ1n) is 7.14. The Balaban J connectivity index is 1.84. The maximum Gasteiger partial charge on any atom is 0.251 e. The van der Waals surface area contributed by atoms with E-state index in [0.29, 0.717) is 5.69 Å². The SMILES string of the molecule is O=C1C[C@H](N2CCCCC2)C(=O)N1c1ccc(F)c(Cl)c1. The monoisotopic (exact) mass is 310 g/mol. The Hall–Kier alpha value is -1.46. The molecule has 2 saturated heterocycles. The minimum Gasteiger partial charge on any atom is -0.292 e. The van der Waals surface area contributed by atoms with Crippen LogP contribution in [0.5, 0.6) is 0 Å². The van der Waals surface area contributed by atoms with Gasteiger partial charge < -0.3 is 0 Å². The third-order valence-electron chi connectivity index (χ3n) is 4.12. The molecule has 2 heterocycles. The van der Waals surface area contributed by atoms with Crippen molar-refractivity contribution >= 4 is 29.1 Å². The van der Waals surface area contributed by atoms with E-state index in [9.17, 15) is 14.0 Å². The van der Waals surface area contributed by atoms with Crippen molar-refractivity contribution in [1.82, 2.24) is 4.90 Å². The third kappa shape index (κ3) is 2.68. The van der Waals surface area contributed by atoms with Crippen LogP contribution in [0.4, 0.5) is 10.1 Å². The minimum absolute atomic E-state index is 0.0884. The first kappa shape index (κ1) is 14.5. The summed E-state index contributed by atoms with van der Waals surface area (Å²) in [7, 11) is 0. The minimum atomic E-state index is -0.563. The molecular weight excluding hydrogens is 295 g/mol. The average Bonchev–Trinajstić information content (AvgIpc) is 2.78. The van der Waals surface area contributed by atoms with Crippen LogP contribution in [0.2, 0.25) is 5.02 Å². The number of amides is 2. The molecule has 0 saturated carbocycles. The summed E-state index contributed by atoms with van der Waals surface area (Å²) in [6.07, 6.45) is 3.47. The molecule has 4 nitrogen and oxygen atoms in total. The number of anilines is 1. The molecule has 0 spiro atoms. The van der Waals surface area contributed by atoms with Gasteiger partial charge in [0.1, 0.15) is 5.82 Å². The van der Waals surface area contributed by atoms with E-state index in [1.54, 1.807) is 0 Å². The van der Waals surface area contributed by atoms with Crippen molar-refractivity contribution in [1.29, 1.82) is 0 Å². The number of rotatable bonds is 2. The Morgan fingerprint density at radius 2 is 1.86 bits per heavy atom. The summed E-state index contributed by atoms with van der Waals surface area (Å²) in [5.41, 5.74) is 0.343. The third-order valence-corrected chi connectivity index (χ3v) is 4.41. The van der Waals surface area contributed by atoms with Gasteiger partial charge in [-0.05, 0) is 44.1 Å². The van der Waals surface area contributed by atoms with Crippen molar-refractivity contribution in [2.75, 3.05) is 18.0 Å². The Labute approximate surface area is 127 Å². The van der Waals surface area contributed by atoms with Crippen LogP contribution in [0.25, 0.3) is 0 Å². The van der Waals surface area contributed by atoms with Gasteiger partial charge >= 0.3 is 0 Å². The van der Waals surface area contributed by atoms with Gasteiger partial charge in [0.05, 0.1) is 23.2 Å². The largest absolute Gasteiger partial charge is 0.292 e. The molecule has 0 radical (unpaired) electrons. The number of piperidine rings is 1. The van der Waals surface area contributed by atoms with Gasteiger partial charge in [0, 0.05) is 0 Å². The summed E-state index contributed by atoms with van der Waals surface area (Å²) in [4.78, 5) is 27.9. The molecule has 0 N–H and O–H groups in total. The van der Waals surface area contributed by atoms with Gasteiger partial charge in [-0.25, -0.2) is 9.29 Å². The van der Waals surface area contributed by atoms with E-state index in [0.717, 1.165) is 30.8 Å². The zero-order chi connectivity index (χ0) is 15.0. The molecule has 0 bridgehead atoms. The zero-order valence-corrected chi connectivity index (χ0v) is 12.3. The Kier molecular flexibility index (Phi) is 3.95. The van der Waals surface area contributed by atoms with Crippen LogP contribution in [-0.2, 0) is 9.59 Å². The van der Waals surface area contributed by atoms with E-state index in [2.05, 4.69) is 4.90 Å². The predicted molar refractivity (Wildman–Crippen MR) is 77.7 cm³/mol. The molecule has 2 aliphatic heterocycles. The smallest absolute Gasteiger partial charge is 0.251 e. The first-order chi connectivity index (χ1) is 10.1. The van der Waals surface area contributed by atoms with Crippen molar-refractivity contribution in [3.05, 3.63) is 29.0 Å². The topological polar surface area (TPSA) is 40.6 Å². The van der Waals surface area contributed by atoms with Gasteiger partial charge in [0.2, 0.25) is 5.91 Å². The van der Waals surface area contributed by atoms with Crippen molar-refractivity contribution in [2.45, 2.75) is 31.7 Å². The van der Waals surface area contributed by atoms with Gasteiger partial charge in [-0.3, -0.25) is 14.5 Å². The lowest BCUT2D eigenvalue weighted by Crippen LogP contribution is -2.44. The van der Waals surface area contributed by atoms with Gasteiger partial charge in [0.25, 0.3) is 5.91 Å². The highest BCUT2D eigenvalue weighted by atomic mass is 35.5. The summed E-state index contributed by atoms with van der Waals surface area (Å²) in [6, 6.07) is 3.52. The molecule has 21 heavy (non-hydrogen) atoms. The number of nitrogens with zero attached hydrogens (tertiary/aromatic N) is 2.